The van der Waals surface area contributed by atoms with E-state index in [1.54, 1.807) is 31.2 Å². The Bertz CT molecular complexity index is 543. The Labute approximate surface area is 121 Å². The maximum atomic E-state index is 12.2. The average Bonchev–Trinajstić information content (AvgIpc) is 2.84. The molecule has 0 bridgehead atoms. The normalized spacial score (nSPS) is 19.9. The molecule has 1 saturated carbocycles. The first kappa shape index (κ1) is 15.5. The molecule has 0 spiro atoms. The topological polar surface area (TPSA) is 66.4 Å². The van der Waals surface area contributed by atoms with Gasteiger partial charge in [-0.2, -0.15) is 0 Å². The number of nitrogens with one attached hydrogen (secondary N) is 1. The second-order valence-electron chi connectivity index (χ2n) is 6.09. The lowest BCUT2D eigenvalue weighted by Crippen LogP contribution is -2.34. The van der Waals surface area contributed by atoms with Gasteiger partial charge in [0, 0.05) is 6.54 Å². The van der Waals surface area contributed by atoms with Crippen molar-refractivity contribution in [1.29, 1.82) is 0 Å². The Balaban J connectivity index is 2.06. The van der Waals surface area contributed by atoms with Crippen LogP contribution in [0, 0.1) is 5.41 Å². The maximum Gasteiger partial charge on any atom is 0.240 e. The molecule has 1 fully saturated rings. The van der Waals surface area contributed by atoms with Gasteiger partial charge >= 0.3 is 0 Å². The molecule has 1 aliphatic carbocycles. The highest BCUT2D eigenvalue weighted by molar-refractivity contribution is 7.89. The zero-order chi connectivity index (χ0) is 14.8. The monoisotopic (exact) mass is 297 g/mol. The summed E-state index contributed by atoms with van der Waals surface area (Å²) in [6.45, 7) is 4.29. The van der Waals surface area contributed by atoms with Gasteiger partial charge in [0.15, 0.2) is 0 Å². The van der Waals surface area contributed by atoms with Gasteiger partial charge in [-0.05, 0) is 42.9 Å². The first-order chi connectivity index (χ1) is 9.32. The Morgan fingerprint density at radius 3 is 2.30 bits per heavy atom. The van der Waals surface area contributed by atoms with Crippen LogP contribution in [0.5, 0.6) is 0 Å². The molecule has 1 atom stereocenters. The van der Waals surface area contributed by atoms with E-state index in [0.717, 1.165) is 12.8 Å². The summed E-state index contributed by atoms with van der Waals surface area (Å²) in [6, 6.07) is 6.38. The van der Waals surface area contributed by atoms with E-state index >= 15 is 0 Å². The zero-order valence-corrected chi connectivity index (χ0v) is 12.9. The summed E-state index contributed by atoms with van der Waals surface area (Å²) in [5.74, 6) is 0. The lowest BCUT2D eigenvalue weighted by atomic mass is 9.89. The van der Waals surface area contributed by atoms with Gasteiger partial charge in [0.05, 0.1) is 11.0 Å². The number of hydrogen-bond donors (Lipinski definition) is 2. The molecule has 1 unspecified atom stereocenters. The van der Waals surface area contributed by atoms with E-state index in [-0.39, 0.29) is 10.3 Å². The fourth-order valence-electron chi connectivity index (χ4n) is 2.68. The first-order valence-electron chi connectivity index (χ1n) is 7.10. The molecule has 1 aromatic rings. The molecule has 2 N–H and O–H groups in total. The molecule has 5 heteroatoms. The van der Waals surface area contributed by atoms with Crippen molar-refractivity contribution in [2.45, 2.75) is 50.5 Å². The van der Waals surface area contributed by atoms with Crippen LogP contribution in [0.3, 0.4) is 0 Å². The van der Waals surface area contributed by atoms with Crippen molar-refractivity contribution in [3.05, 3.63) is 29.8 Å². The number of benzene rings is 1. The Morgan fingerprint density at radius 1 is 1.25 bits per heavy atom. The van der Waals surface area contributed by atoms with E-state index < -0.39 is 16.1 Å². The number of aliphatic hydroxyl groups excluding tert-OH is 1. The SMILES string of the molecule is CC(O)c1ccc(S(=O)(=O)NCC2(C)CCCC2)cc1. The molecule has 2 rings (SSSR count). The molecular formula is C15H23NO3S. The third-order valence-corrected chi connectivity index (χ3v) is 5.59. The van der Waals surface area contributed by atoms with Crippen LogP contribution in [0.2, 0.25) is 0 Å². The van der Waals surface area contributed by atoms with Gasteiger partial charge in [0.2, 0.25) is 10.0 Å². The Morgan fingerprint density at radius 2 is 1.80 bits per heavy atom. The van der Waals surface area contributed by atoms with E-state index in [1.807, 2.05) is 0 Å². The van der Waals surface area contributed by atoms with Crippen molar-refractivity contribution < 1.29 is 13.5 Å². The van der Waals surface area contributed by atoms with E-state index in [2.05, 4.69) is 11.6 Å². The van der Waals surface area contributed by atoms with Gasteiger partial charge in [0.25, 0.3) is 0 Å². The average molecular weight is 297 g/mol. The molecule has 0 saturated heterocycles. The van der Waals surface area contributed by atoms with Gasteiger partial charge in [-0.25, -0.2) is 13.1 Å². The molecule has 4 nitrogen and oxygen atoms in total. The van der Waals surface area contributed by atoms with Crippen molar-refractivity contribution in [3.63, 3.8) is 0 Å². The zero-order valence-electron chi connectivity index (χ0n) is 12.1. The predicted molar refractivity (Wildman–Crippen MR) is 78.8 cm³/mol. The Kier molecular flexibility index (Phi) is 4.52. The highest BCUT2D eigenvalue weighted by atomic mass is 32.2. The van der Waals surface area contributed by atoms with Crippen molar-refractivity contribution in [1.82, 2.24) is 4.72 Å². The summed E-state index contributed by atoms with van der Waals surface area (Å²) < 4.78 is 27.2. The molecule has 1 aromatic carbocycles. The van der Waals surface area contributed by atoms with Gasteiger partial charge in [-0.15, -0.1) is 0 Å². The third-order valence-electron chi connectivity index (χ3n) is 4.17. The molecule has 112 valence electrons. The number of sulfonamides is 1. The van der Waals surface area contributed by atoms with E-state index in [4.69, 9.17) is 0 Å². The summed E-state index contributed by atoms with van der Waals surface area (Å²) in [7, 11) is -3.46. The number of rotatable bonds is 5. The van der Waals surface area contributed by atoms with Crippen LogP contribution >= 0.6 is 0 Å². The summed E-state index contributed by atoms with van der Waals surface area (Å²) in [6.07, 6.45) is 3.94. The largest absolute Gasteiger partial charge is 0.389 e. The molecular weight excluding hydrogens is 274 g/mol. The van der Waals surface area contributed by atoms with E-state index in [9.17, 15) is 13.5 Å². The quantitative estimate of drug-likeness (QED) is 0.878. The van der Waals surface area contributed by atoms with Crippen LogP contribution in [0.15, 0.2) is 29.2 Å². The third kappa shape index (κ3) is 3.59. The number of hydrogen-bond acceptors (Lipinski definition) is 3. The molecule has 0 aliphatic heterocycles. The molecule has 0 amide bonds. The van der Waals surface area contributed by atoms with Gasteiger partial charge in [0.1, 0.15) is 0 Å². The minimum absolute atomic E-state index is 0.0899. The highest BCUT2D eigenvalue weighted by Gasteiger charge is 2.30. The van der Waals surface area contributed by atoms with Crippen LogP contribution < -0.4 is 4.72 Å². The van der Waals surface area contributed by atoms with Crippen LogP contribution in [-0.4, -0.2) is 20.1 Å². The summed E-state index contributed by atoms with van der Waals surface area (Å²) >= 11 is 0. The van der Waals surface area contributed by atoms with E-state index in [0.29, 0.717) is 12.1 Å². The molecule has 1 aliphatic rings. The molecule has 20 heavy (non-hydrogen) atoms. The molecule has 0 radical (unpaired) electrons. The summed E-state index contributed by atoms with van der Waals surface area (Å²) in [5, 5.41) is 9.43. The van der Waals surface area contributed by atoms with Crippen molar-refractivity contribution in [3.8, 4) is 0 Å². The predicted octanol–water partition coefficient (Wildman–Crippen LogP) is 2.60. The fourth-order valence-corrected chi connectivity index (χ4v) is 3.88. The summed E-state index contributed by atoms with van der Waals surface area (Å²) in [5.41, 5.74) is 0.804. The minimum Gasteiger partial charge on any atom is -0.389 e. The van der Waals surface area contributed by atoms with Crippen molar-refractivity contribution in [2.24, 2.45) is 5.41 Å². The lowest BCUT2D eigenvalue weighted by Gasteiger charge is -2.23. The van der Waals surface area contributed by atoms with Crippen LogP contribution in [0.4, 0.5) is 0 Å². The van der Waals surface area contributed by atoms with Crippen molar-refractivity contribution in [2.75, 3.05) is 6.54 Å². The van der Waals surface area contributed by atoms with E-state index in [1.165, 1.54) is 12.8 Å². The minimum atomic E-state index is -3.46. The van der Waals surface area contributed by atoms with Crippen LogP contribution in [-0.2, 0) is 10.0 Å². The molecule has 0 aromatic heterocycles. The fraction of sp³-hybridized carbons (Fsp3) is 0.600. The smallest absolute Gasteiger partial charge is 0.240 e. The lowest BCUT2D eigenvalue weighted by molar-refractivity contribution is 0.199. The molecule has 0 heterocycles. The highest BCUT2D eigenvalue weighted by Crippen LogP contribution is 2.37. The second-order valence-corrected chi connectivity index (χ2v) is 7.85. The van der Waals surface area contributed by atoms with Crippen LogP contribution in [0.25, 0.3) is 0 Å². The summed E-state index contributed by atoms with van der Waals surface area (Å²) in [4.78, 5) is 0.253. The van der Waals surface area contributed by atoms with Crippen molar-refractivity contribution >= 4 is 10.0 Å². The van der Waals surface area contributed by atoms with Gasteiger partial charge < -0.3 is 5.11 Å². The van der Waals surface area contributed by atoms with Crippen LogP contribution in [0.1, 0.15) is 51.2 Å². The first-order valence-corrected chi connectivity index (χ1v) is 8.58. The standard InChI is InChI=1S/C15H23NO3S/c1-12(17)13-5-7-14(8-6-13)20(18,19)16-11-15(2)9-3-4-10-15/h5-8,12,16-17H,3-4,9-11H2,1-2H3. The number of aliphatic hydroxyl groups is 1. The Hall–Kier alpha value is -0.910. The van der Waals surface area contributed by atoms with Gasteiger partial charge in [-0.3, -0.25) is 0 Å². The van der Waals surface area contributed by atoms with Gasteiger partial charge in [-0.1, -0.05) is 31.9 Å². The maximum absolute atomic E-state index is 12.2. The second kappa shape index (κ2) is 5.84.